The van der Waals surface area contributed by atoms with Crippen molar-refractivity contribution in [1.29, 1.82) is 0 Å². The van der Waals surface area contributed by atoms with Crippen LogP contribution in [0, 0.1) is 5.41 Å². The number of nitrogens with zero attached hydrogens (tertiary/aromatic N) is 1. The largest absolute Gasteiger partial charge is 0.444 e. The second-order valence-electron chi connectivity index (χ2n) is 5.42. The van der Waals surface area contributed by atoms with Gasteiger partial charge in [-0.2, -0.15) is 0 Å². The first-order valence-corrected chi connectivity index (χ1v) is 5.20. The summed E-state index contributed by atoms with van der Waals surface area (Å²) in [6.45, 7) is 8.43. The van der Waals surface area contributed by atoms with Crippen molar-refractivity contribution in [3.05, 3.63) is 0 Å². The van der Waals surface area contributed by atoms with Crippen LogP contribution in [0.5, 0.6) is 0 Å². The number of likely N-dealkylation sites (tertiary alicyclic amines) is 1. The van der Waals surface area contributed by atoms with Crippen molar-refractivity contribution in [3.63, 3.8) is 0 Å². The van der Waals surface area contributed by atoms with Crippen LogP contribution in [0.4, 0.5) is 4.79 Å². The van der Waals surface area contributed by atoms with Crippen molar-refractivity contribution in [3.8, 4) is 0 Å². The molecule has 0 radical (unpaired) electrons. The van der Waals surface area contributed by atoms with Crippen LogP contribution in [-0.4, -0.2) is 36.0 Å². The van der Waals surface area contributed by atoms with Crippen LogP contribution in [-0.2, 0) is 9.53 Å². The van der Waals surface area contributed by atoms with Crippen LogP contribution in [0.15, 0.2) is 0 Å². The third kappa shape index (κ3) is 3.22. The molecule has 0 saturated carbocycles. The minimum Gasteiger partial charge on any atom is -0.444 e. The van der Waals surface area contributed by atoms with E-state index in [1.165, 1.54) is 0 Å². The lowest BCUT2D eigenvalue weighted by atomic mass is 9.92. The Morgan fingerprint density at radius 2 is 2.07 bits per heavy atom. The summed E-state index contributed by atoms with van der Waals surface area (Å²) in [6.07, 6.45) is 1.32. The minimum atomic E-state index is -0.475. The number of carbonyl (C=O) groups excluding carboxylic acids is 2. The van der Waals surface area contributed by atoms with Crippen LogP contribution >= 0.6 is 0 Å². The molecule has 1 atom stereocenters. The fourth-order valence-electron chi connectivity index (χ4n) is 1.56. The summed E-state index contributed by atoms with van der Waals surface area (Å²) < 4.78 is 5.23. The van der Waals surface area contributed by atoms with Gasteiger partial charge >= 0.3 is 6.09 Å². The molecule has 0 aromatic carbocycles. The summed E-state index contributed by atoms with van der Waals surface area (Å²) >= 11 is 0. The van der Waals surface area contributed by atoms with Gasteiger partial charge in [0.1, 0.15) is 11.9 Å². The van der Waals surface area contributed by atoms with Gasteiger partial charge in [0, 0.05) is 18.5 Å². The van der Waals surface area contributed by atoms with Crippen LogP contribution in [0.25, 0.3) is 0 Å². The molecular formula is C11H19NO3. The van der Waals surface area contributed by atoms with Gasteiger partial charge in [-0.25, -0.2) is 4.79 Å². The van der Waals surface area contributed by atoms with E-state index in [0.29, 0.717) is 13.1 Å². The third-order valence-electron chi connectivity index (χ3n) is 2.44. The van der Waals surface area contributed by atoms with E-state index in [1.54, 1.807) is 4.90 Å². The summed E-state index contributed by atoms with van der Waals surface area (Å²) in [4.78, 5) is 24.1. The second-order valence-corrected chi connectivity index (χ2v) is 5.42. The Kier molecular flexibility index (Phi) is 3.07. The molecule has 86 valence electrons. The lowest BCUT2D eigenvalue weighted by molar-refractivity contribution is -0.114. The highest BCUT2D eigenvalue weighted by molar-refractivity contribution is 5.71. The van der Waals surface area contributed by atoms with Gasteiger partial charge in [-0.3, -0.25) is 0 Å². The molecule has 0 spiro atoms. The number of amides is 1. The van der Waals surface area contributed by atoms with Gasteiger partial charge in [0.25, 0.3) is 0 Å². The van der Waals surface area contributed by atoms with Crippen molar-refractivity contribution in [2.24, 2.45) is 5.41 Å². The maximum absolute atomic E-state index is 11.7. The molecule has 1 fully saturated rings. The van der Waals surface area contributed by atoms with E-state index in [0.717, 1.165) is 12.7 Å². The van der Waals surface area contributed by atoms with Gasteiger partial charge in [-0.15, -0.1) is 0 Å². The molecule has 1 rings (SSSR count). The SMILES string of the molecule is CC1(C=O)CCN(C(=O)OC(C)(C)C)C1. The fourth-order valence-corrected chi connectivity index (χ4v) is 1.56. The summed E-state index contributed by atoms with van der Waals surface area (Å²) in [5, 5.41) is 0. The van der Waals surface area contributed by atoms with E-state index < -0.39 is 11.0 Å². The number of rotatable bonds is 1. The van der Waals surface area contributed by atoms with Crippen LogP contribution in [0.1, 0.15) is 34.1 Å². The normalized spacial score (nSPS) is 26.5. The first kappa shape index (κ1) is 12.0. The van der Waals surface area contributed by atoms with Crippen LogP contribution < -0.4 is 0 Å². The highest BCUT2D eigenvalue weighted by atomic mass is 16.6. The molecule has 4 heteroatoms. The van der Waals surface area contributed by atoms with Gasteiger partial charge < -0.3 is 14.4 Å². The van der Waals surface area contributed by atoms with Crippen molar-refractivity contribution >= 4 is 12.4 Å². The number of ether oxygens (including phenoxy) is 1. The molecule has 0 N–H and O–H groups in total. The van der Waals surface area contributed by atoms with Gasteiger partial charge in [0.15, 0.2) is 0 Å². The number of hydrogen-bond acceptors (Lipinski definition) is 3. The molecule has 0 aliphatic carbocycles. The first-order chi connectivity index (χ1) is 6.76. The molecule has 15 heavy (non-hydrogen) atoms. The van der Waals surface area contributed by atoms with E-state index in [2.05, 4.69) is 0 Å². The molecule has 1 aliphatic heterocycles. The second kappa shape index (κ2) is 3.83. The zero-order chi connectivity index (χ0) is 11.7. The Bertz CT molecular complexity index is 269. The molecule has 0 aromatic rings. The van der Waals surface area contributed by atoms with Gasteiger partial charge in [-0.1, -0.05) is 6.92 Å². The molecule has 4 nitrogen and oxygen atoms in total. The average Bonchev–Trinajstić information content (AvgIpc) is 2.46. The summed E-state index contributed by atoms with van der Waals surface area (Å²) in [6, 6.07) is 0. The fraction of sp³-hybridized carbons (Fsp3) is 0.818. The first-order valence-electron chi connectivity index (χ1n) is 5.20. The van der Waals surface area contributed by atoms with E-state index in [9.17, 15) is 9.59 Å². The molecule has 1 saturated heterocycles. The standard InChI is InChI=1S/C11H19NO3/c1-10(2,3)15-9(14)12-6-5-11(4,7-12)8-13/h8H,5-7H2,1-4H3. The number of hydrogen-bond donors (Lipinski definition) is 0. The minimum absolute atomic E-state index is 0.326. The number of aldehydes is 1. The third-order valence-corrected chi connectivity index (χ3v) is 2.44. The van der Waals surface area contributed by atoms with E-state index in [-0.39, 0.29) is 6.09 Å². The maximum atomic E-state index is 11.7. The molecule has 1 amide bonds. The Balaban J connectivity index is 2.54. The zero-order valence-electron chi connectivity index (χ0n) is 9.87. The Labute approximate surface area is 90.6 Å². The maximum Gasteiger partial charge on any atom is 0.410 e. The lowest BCUT2D eigenvalue weighted by Gasteiger charge is -2.25. The smallest absolute Gasteiger partial charge is 0.410 e. The molecule has 1 aliphatic rings. The highest BCUT2D eigenvalue weighted by Crippen LogP contribution is 2.28. The Morgan fingerprint density at radius 3 is 2.47 bits per heavy atom. The summed E-state index contributed by atoms with van der Waals surface area (Å²) in [5.74, 6) is 0. The van der Waals surface area contributed by atoms with Gasteiger partial charge in [-0.05, 0) is 27.2 Å². The Morgan fingerprint density at radius 1 is 1.47 bits per heavy atom. The van der Waals surface area contributed by atoms with Crippen molar-refractivity contribution in [1.82, 2.24) is 4.90 Å². The number of carbonyl (C=O) groups is 2. The van der Waals surface area contributed by atoms with E-state index in [4.69, 9.17) is 4.74 Å². The Hall–Kier alpha value is -1.06. The van der Waals surface area contributed by atoms with Crippen LogP contribution in [0.2, 0.25) is 0 Å². The molecule has 1 heterocycles. The predicted octanol–water partition coefficient (Wildman–Crippen LogP) is 1.83. The summed E-state index contributed by atoms with van der Waals surface area (Å²) in [7, 11) is 0. The highest BCUT2D eigenvalue weighted by Gasteiger charge is 2.37. The molecule has 1 unspecified atom stereocenters. The topological polar surface area (TPSA) is 46.6 Å². The van der Waals surface area contributed by atoms with Crippen molar-refractivity contribution in [2.75, 3.05) is 13.1 Å². The van der Waals surface area contributed by atoms with E-state index in [1.807, 2.05) is 27.7 Å². The molecule has 0 bridgehead atoms. The van der Waals surface area contributed by atoms with Gasteiger partial charge in [0.2, 0.25) is 0 Å². The average molecular weight is 213 g/mol. The van der Waals surface area contributed by atoms with Crippen molar-refractivity contribution in [2.45, 2.75) is 39.7 Å². The predicted molar refractivity (Wildman–Crippen MR) is 56.6 cm³/mol. The monoisotopic (exact) mass is 213 g/mol. The lowest BCUT2D eigenvalue weighted by Crippen LogP contribution is -2.36. The van der Waals surface area contributed by atoms with Gasteiger partial charge in [0.05, 0.1) is 0 Å². The zero-order valence-corrected chi connectivity index (χ0v) is 9.87. The molecular weight excluding hydrogens is 194 g/mol. The molecule has 0 aromatic heterocycles. The van der Waals surface area contributed by atoms with Crippen LogP contribution in [0.3, 0.4) is 0 Å². The quantitative estimate of drug-likeness (QED) is 0.624. The van der Waals surface area contributed by atoms with E-state index >= 15 is 0 Å². The van der Waals surface area contributed by atoms with Crippen molar-refractivity contribution < 1.29 is 14.3 Å². The summed E-state index contributed by atoms with van der Waals surface area (Å²) in [5.41, 5.74) is -0.867.